The van der Waals surface area contributed by atoms with Gasteiger partial charge in [-0.2, -0.15) is 0 Å². The van der Waals surface area contributed by atoms with Crippen LogP contribution in [0.25, 0.3) is 0 Å². The zero-order valence-electron chi connectivity index (χ0n) is 14.9. The maximum Gasteiger partial charge on any atom is 0.270 e. The number of anilines is 1. The average molecular weight is 341 g/mol. The number of carbonyl (C=O) groups excluding carboxylic acids is 2. The van der Waals surface area contributed by atoms with Crippen molar-refractivity contribution in [2.24, 2.45) is 0 Å². The van der Waals surface area contributed by atoms with Gasteiger partial charge in [0.05, 0.1) is 6.61 Å². The predicted octanol–water partition coefficient (Wildman–Crippen LogP) is 3.26. The Morgan fingerprint density at radius 1 is 1.08 bits per heavy atom. The van der Waals surface area contributed by atoms with Crippen LogP contribution in [0.4, 0.5) is 5.69 Å². The number of hydrogen-bond donors (Lipinski definition) is 2. The molecule has 2 N–H and O–H groups in total. The molecule has 1 aromatic heterocycles. The highest BCUT2D eigenvalue weighted by Gasteiger charge is 2.17. The minimum Gasteiger partial charge on any atom is -0.494 e. The highest BCUT2D eigenvalue weighted by molar-refractivity contribution is 6.05. The normalized spacial score (nSPS) is 10.9. The summed E-state index contributed by atoms with van der Waals surface area (Å²) in [5.41, 5.74) is 0.836. The molecule has 1 heterocycles. The number of benzene rings is 1. The van der Waals surface area contributed by atoms with Crippen molar-refractivity contribution in [3.8, 4) is 5.75 Å². The molecule has 0 fully saturated rings. The molecule has 0 atom stereocenters. The first kappa shape index (κ1) is 18.4. The van der Waals surface area contributed by atoms with Crippen LogP contribution in [0.3, 0.4) is 0 Å². The lowest BCUT2D eigenvalue weighted by molar-refractivity contribution is 0.0914. The first-order valence-electron chi connectivity index (χ1n) is 8.11. The number of nitrogens with zero attached hydrogens (tertiary/aromatic N) is 1. The largest absolute Gasteiger partial charge is 0.494 e. The number of rotatable bonds is 5. The van der Waals surface area contributed by atoms with Crippen LogP contribution >= 0.6 is 0 Å². The number of nitrogens with one attached hydrogen (secondary N) is 2. The second-order valence-electron chi connectivity index (χ2n) is 6.55. The molecular weight excluding hydrogens is 318 g/mol. The topological polar surface area (TPSA) is 80.3 Å². The van der Waals surface area contributed by atoms with Gasteiger partial charge in [0.25, 0.3) is 11.8 Å². The molecule has 6 heteroatoms. The van der Waals surface area contributed by atoms with Gasteiger partial charge in [-0.25, -0.2) is 0 Å². The smallest absolute Gasteiger partial charge is 0.270 e. The number of carbonyl (C=O) groups is 2. The summed E-state index contributed by atoms with van der Waals surface area (Å²) in [6.45, 7) is 8.14. The summed E-state index contributed by atoms with van der Waals surface area (Å²) in [6, 6.07) is 10.1. The van der Waals surface area contributed by atoms with Crippen molar-refractivity contribution in [1.29, 1.82) is 0 Å². The second kappa shape index (κ2) is 7.79. The number of amides is 2. The summed E-state index contributed by atoms with van der Waals surface area (Å²) in [5, 5.41) is 5.61. The molecule has 25 heavy (non-hydrogen) atoms. The minimum atomic E-state index is -0.376. The molecular formula is C19H23N3O3. The van der Waals surface area contributed by atoms with E-state index in [1.165, 1.54) is 12.3 Å². The quantitative estimate of drug-likeness (QED) is 0.875. The number of aromatic nitrogens is 1. The Labute approximate surface area is 147 Å². The lowest BCUT2D eigenvalue weighted by Crippen LogP contribution is -2.41. The molecule has 0 aliphatic carbocycles. The minimum absolute atomic E-state index is 0.203. The molecule has 0 unspecified atom stereocenters. The van der Waals surface area contributed by atoms with Gasteiger partial charge in [0.2, 0.25) is 0 Å². The molecule has 2 amide bonds. The van der Waals surface area contributed by atoms with Gasteiger partial charge in [0, 0.05) is 23.0 Å². The molecule has 0 aliphatic heterocycles. The molecule has 0 spiro atoms. The molecule has 2 rings (SSSR count). The van der Waals surface area contributed by atoms with E-state index in [2.05, 4.69) is 15.6 Å². The van der Waals surface area contributed by atoms with E-state index in [0.717, 1.165) is 5.75 Å². The molecule has 0 bridgehead atoms. The van der Waals surface area contributed by atoms with E-state index in [0.29, 0.717) is 17.9 Å². The summed E-state index contributed by atoms with van der Waals surface area (Å²) >= 11 is 0. The Hall–Kier alpha value is -2.89. The van der Waals surface area contributed by atoms with Gasteiger partial charge in [-0.15, -0.1) is 0 Å². The molecule has 2 aromatic rings. The Morgan fingerprint density at radius 2 is 1.76 bits per heavy atom. The molecule has 132 valence electrons. The zero-order valence-corrected chi connectivity index (χ0v) is 14.9. The first-order chi connectivity index (χ1) is 11.8. The molecule has 0 radical (unpaired) electrons. The summed E-state index contributed by atoms with van der Waals surface area (Å²) in [7, 11) is 0. The summed E-state index contributed by atoms with van der Waals surface area (Å²) in [5.74, 6) is 0.116. The number of ether oxygens (including phenoxy) is 1. The fourth-order valence-corrected chi connectivity index (χ4v) is 2.11. The van der Waals surface area contributed by atoms with Crippen molar-refractivity contribution >= 4 is 17.5 Å². The van der Waals surface area contributed by atoms with E-state index in [1.807, 2.05) is 27.7 Å². The first-order valence-corrected chi connectivity index (χ1v) is 8.11. The Morgan fingerprint density at radius 3 is 2.36 bits per heavy atom. The highest BCUT2D eigenvalue weighted by Crippen LogP contribution is 2.16. The lowest BCUT2D eigenvalue weighted by atomic mass is 10.1. The highest BCUT2D eigenvalue weighted by atomic mass is 16.5. The van der Waals surface area contributed by atoms with Crippen LogP contribution in [-0.2, 0) is 0 Å². The third-order valence-corrected chi connectivity index (χ3v) is 3.17. The van der Waals surface area contributed by atoms with Crippen LogP contribution in [0.1, 0.15) is 48.5 Å². The van der Waals surface area contributed by atoms with Crippen molar-refractivity contribution in [1.82, 2.24) is 10.3 Å². The van der Waals surface area contributed by atoms with Crippen molar-refractivity contribution in [2.75, 3.05) is 11.9 Å². The Balaban J connectivity index is 2.09. The van der Waals surface area contributed by atoms with Gasteiger partial charge in [-0.3, -0.25) is 14.6 Å². The van der Waals surface area contributed by atoms with Crippen molar-refractivity contribution in [3.63, 3.8) is 0 Å². The molecule has 0 saturated carbocycles. The SMILES string of the molecule is CCOc1ccc(NC(=O)c2ccnc(C(=O)NC(C)(C)C)c2)cc1. The monoisotopic (exact) mass is 341 g/mol. The lowest BCUT2D eigenvalue weighted by Gasteiger charge is -2.20. The summed E-state index contributed by atoms with van der Waals surface area (Å²) in [4.78, 5) is 28.6. The van der Waals surface area contributed by atoms with Gasteiger partial charge in [-0.1, -0.05) is 0 Å². The maximum atomic E-state index is 12.4. The van der Waals surface area contributed by atoms with Crippen LogP contribution < -0.4 is 15.4 Å². The second-order valence-corrected chi connectivity index (χ2v) is 6.55. The van der Waals surface area contributed by atoms with Gasteiger partial charge < -0.3 is 15.4 Å². The Bertz CT molecular complexity index is 749. The van der Waals surface area contributed by atoms with Gasteiger partial charge in [-0.05, 0) is 64.1 Å². The third kappa shape index (κ3) is 5.60. The summed E-state index contributed by atoms with van der Waals surface area (Å²) in [6.07, 6.45) is 1.45. The zero-order chi connectivity index (χ0) is 18.4. The average Bonchev–Trinajstić information content (AvgIpc) is 2.55. The van der Waals surface area contributed by atoms with E-state index >= 15 is 0 Å². The van der Waals surface area contributed by atoms with E-state index in [4.69, 9.17) is 4.74 Å². The number of pyridine rings is 1. The van der Waals surface area contributed by atoms with Crippen LogP contribution in [-0.4, -0.2) is 28.9 Å². The predicted molar refractivity (Wildman–Crippen MR) is 97.0 cm³/mol. The molecule has 6 nitrogen and oxygen atoms in total. The molecule has 0 aliphatic rings. The molecule has 0 saturated heterocycles. The van der Waals surface area contributed by atoms with Crippen LogP contribution in [0, 0.1) is 0 Å². The van der Waals surface area contributed by atoms with Crippen molar-refractivity contribution < 1.29 is 14.3 Å². The maximum absolute atomic E-state index is 12.4. The van der Waals surface area contributed by atoms with Gasteiger partial charge in [0.15, 0.2) is 0 Å². The van der Waals surface area contributed by atoms with Crippen LogP contribution in [0.5, 0.6) is 5.75 Å². The fourth-order valence-electron chi connectivity index (χ4n) is 2.11. The van der Waals surface area contributed by atoms with E-state index in [1.54, 1.807) is 30.3 Å². The number of hydrogen-bond acceptors (Lipinski definition) is 4. The van der Waals surface area contributed by atoms with Crippen LogP contribution in [0.15, 0.2) is 42.6 Å². The Kier molecular flexibility index (Phi) is 5.75. The van der Waals surface area contributed by atoms with E-state index in [-0.39, 0.29) is 23.0 Å². The van der Waals surface area contributed by atoms with Crippen LogP contribution in [0.2, 0.25) is 0 Å². The standard InChI is InChI=1S/C19H23N3O3/c1-5-25-15-8-6-14(7-9-15)21-17(23)13-10-11-20-16(12-13)18(24)22-19(2,3)4/h6-12H,5H2,1-4H3,(H,21,23)(H,22,24). The fraction of sp³-hybridized carbons (Fsp3) is 0.316. The van der Waals surface area contributed by atoms with Gasteiger partial charge >= 0.3 is 0 Å². The van der Waals surface area contributed by atoms with E-state index < -0.39 is 0 Å². The third-order valence-electron chi connectivity index (χ3n) is 3.17. The van der Waals surface area contributed by atoms with Crippen molar-refractivity contribution in [2.45, 2.75) is 33.2 Å². The van der Waals surface area contributed by atoms with E-state index in [9.17, 15) is 9.59 Å². The van der Waals surface area contributed by atoms with Gasteiger partial charge in [0.1, 0.15) is 11.4 Å². The van der Waals surface area contributed by atoms with Crippen molar-refractivity contribution in [3.05, 3.63) is 53.9 Å². The summed E-state index contributed by atoms with van der Waals surface area (Å²) < 4.78 is 5.37. The molecule has 1 aromatic carbocycles.